The van der Waals surface area contributed by atoms with Gasteiger partial charge in [0.05, 0.1) is 11.5 Å². The summed E-state index contributed by atoms with van der Waals surface area (Å²) in [6.07, 6.45) is 0.878. The molecule has 0 spiro atoms. The van der Waals surface area contributed by atoms with Crippen molar-refractivity contribution in [2.45, 2.75) is 59.3 Å². The van der Waals surface area contributed by atoms with Crippen LogP contribution in [0.1, 0.15) is 66.3 Å². The molecule has 0 fully saturated rings. The Kier molecular flexibility index (Phi) is 6.70. The summed E-state index contributed by atoms with van der Waals surface area (Å²) in [4.78, 5) is 42.5. The standard InChI is InChI=1S/C28H30N2O5/c1-6-35-28(32)25-18(5)29-22-13-20(24-16(3)10-15(2)11-17(24)4)14-23(31)27(22)26(25)19-8-7-9-21(12-19)30(33)34/h7-12,20,25-26H,6,13-14H2,1-5H3. The smallest absolute Gasteiger partial charge is 0.315 e. The number of rotatable bonds is 5. The van der Waals surface area contributed by atoms with Crippen LogP contribution in [-0.2, 0) is 14.3 Å². The lowest BCUT2D eigenvalue weighted by atomic mass is 9.68. The number of aryl methyl sites for hydroxylation is 3. The average Bonchev–Trinajstić information content (AvgIpc) is 2.77. The van der Waals surface area contributed by atoms with Crippen LogP contribution in [-0.4, -0.2) is 29.0 Å². The minimum absolute atomic E-state index is 0.0108. The van der Waals surface area contributed by atoms with Crippen LogP contribution < -0.4 is 0 Å². The number of nitrogens with zero attached hydrogens (tertiary/aromatic N) is 2. The molecule has 35 heavy (non-hydrogen) atoms. The number of allylic oxidation sites excluding steroid dienone is 2. The molecule has 7 heteroatoms. The normalized spacial score (nSPS) is 21.9. The van der Waals surface area contributed by atoms with Crippen molar-refractivity contribution in [3.8, 4) is 0 Å². The number of hydrogen-bond donors (Lipinski definition) is 0. The van der Waals surface area contributed by atoms with E-state index in [0.29, 0.717) is 35.4 Å². The van der Waals surface area contributed by atoms with Crippen molar-refractivity contribution >= 4 is 23.2 Å². The summed E-state index contributed by atoms with van der Waals surface area (Å²) in [7, 11) is 0. The second-order valence-corrected chi connectivity index (χ2v) is 9.51. The van der Waals surface area contributed by atoms with Gasteiger partial charge in [-0.15, -0.1) is 0 Å². The van der Waals surface area contributed by atoms with Gasteiger partial charge < -0.3 is 4.74 Å². The van der Waals surface area contributed by atoms with Crippen LogP contribution in [0.15, 0.2) is 52.7 Å². The fourth-order valence-electron chi connectivity index (χ4n) is 5.83. The molecule has 1 aliphatic heterocycles. The Morgan fingerprint density at radius 2 is 1.80 bits per heavy atom. The second-order valence-electron chi connectivity index (χ2n) is 9.51. The molecular formula is C28H30N2O5. The van der Waals surface area contributed by atoms with Gasteiger partial charge in [0.25, 0.3) is 5.69 Å². The zero-order valence-corrected chi connectivity index (χ0v) is 20.8. The Hall–Kier alpha value is -3.61. The molecule has 182 valence electrons. The number of nitro benzene ring substituents is 1. The highest BCUT2D eigenvalue weighted by molar-refractivity contribution is 6.09. The Morgan fingerprint density at radius 1 is 1.11 bits per heavy atom. The third-order valence-corrected chi connectivity index (χ3v) is 7.02. The van der Waals surface area contributed by atoms with E-state index in [1.165, 1.54) is 23.3 Å². The lowest BCUT2D eigenvalue weighted by Gasteiger charge is -2.37. The summed E-state index contributed by atoms with van der Waals surface area (Å²) < 4.78 is 5.34. The van der Waals surface area contributed by atoms with Gasteiger partial charge in [-0.1, -0.05) is 29.8 Å². The number of esters is 1. The van der Waals surface area contributed by atoms with Gasteiger partial charge in [-0.2, -0.15) is 0 Å². The molecule has 0 aromatic heterocycles. The maximum atomic E-state index is 13.7. The van der Waals surface area contributed by atoms with Crippen LogP contribution in [0.25, 0.3) is 0 Å². The summed E-state index contributed by atoms with van der Waals surface area (Å²) in [5, 5.41) is 11.5. The zero-order chi connectivity index (χ0) is 25.4. The fourth-order valence-corrected chi connectivity index (χ4v) is 5.83. The van der Waals surface area contributed by atoms with Crippen LogP contribution in [0.4, 0.5) is 5.69 Å². The van der Waals surface area contributed by atoms with Crippen molar-refractivity contribution in [1.29, 1.82) is 0 Å². The van der Waals surface area contributed by atoms with Gasteiger partial charge in [0, 0.05) is 41.5 Å². The van der Waals surface area contributed by atoms with Crippen molar-refractivity contribution in [2.75, 3.05) is 6.61 Å². The predicted molar refractivity (Wildman–Crippen MR) is 134 cm³/mol. The zero-order valence-electron chi connectivity index (χ0n) is 20.8. The topological polar surface area (TPSA) is 98.9 Å². The first-order valence-electron chi connectivity index (χ1n) is 11.9. The number of hydrogen-bond acceptors (Lipinski definition) is 6. The van der Waals surface area contributed by atoms with Crippen molar-refractivity contribution in [3.05, 3.63) is 85.6 Å². The molecule has 3 unspecified atom stereocenters. The van der Waals surface area contributed by atoms with E-state index in [2.05, 4.69) is 32.9 Å². The van der Waals surface area contributed by atoms with Gasteiger partial charge >= 0.3 is 5.97 Å². The number of nitro groups is 1. The van der Waals surface area contributed by atoms with Crippen molar-refractivity contribution in [3.63, 3.8) is 0 Å². The summed E-state index contributed by atoms with van der Waals surface area (Å²) in [6.45, 7) is 9.89. The van der Waals surface area contributed by atoms with E-state index in [-0.39, 0.29) is 24.0 Å². The van der Waals surface area contributed by atoms with Crippen molar-refractivity contribution in [2.24, 2.45) is 10.9 Å². The number of carbonyl (C=O) groups excluding carboxylic acids is 2. The Morgan fingerprint density at radius 3 is 2.43 bits per heavy atom. The lowest BCUT2D eigenvalue weighted by Crippen LogP contribution is -2.38. The molecule has 0 saturated heterocycles. The second kappa shape index (κ2) is 9.56. The quantitative estimate of drug-likeness (QED) is 0.316. The number of ketones is 1. The van der Waals surface area contributed by atoms with Crippen LogP contribution >= 0.6 is 0 Å². The van der Waals surface area contributed by atoms with Gasteiger partial charge in [0.2, 0.25) is 0 Å². The summed E-state index contributed by atoms with van der Waals surface area (Å²) in [5.41, 5.74) is 6.83. The van der Waals surface area contributed by atoms with E-state index in [1.54, 1.807) is 26.0 Å². The fraction of sp³-hybridized carbons (Fsp3) is 0.393. The molecule has 0 amide bonds. The summed E-state index contributed by atoms with van der Waals surface area (Å²) >= 11 is 0. The number of benzene rings is 2. The third kappa shape index (κ3) is 4.55. The molecule has 2 aromatic rings. The molecule has 0 saturated carbocycles. The van der Waals surface area contributed by atoms with Crippen LogP contribution in [0, 0.1) is 36.8 Å². The van der Waals surface area contributed by atoms with Gasteiger partial charge in [-0.25, -0.2) is 0 Å². The number of ether oxygens (including phenoxy) is 1. The monoisotopic (exact) mass is 474 g/mol. The predicted octanol–water partition coefficient (Wildman–Crippen LogP) is 5.66. The molecule has 4 rings (SSSR count). The van der Waals surface area contributed by atoms with Gasteiger partial charge in [-0.3, -0.25) is 24.7 Å². The van der Waals surface area contributed by atoms with Gasteiger partial charge in [0.15, 0.2) is 5.78 Å². The summed E-state index contributed by atoms with van der Waals surface area (Å²) in [5.74, 6) is -2.04. The third-order valence-electron chi connectivity index (χ3n) is 7.02. The van der Waals surface area contributed by atoms with E-state index in [1.807, 2.05) is 0 Å². The maximum absolute atomic E-state index is 13.7. The van der Waals surface area contributed by atoms with E-state index >= 15 is 0 Å². The molecule has 1 aliphatic carbocycles. The first kappa shape index (κ1) is 24.5. The van der Waals surface area contributed by atoms with Gasteiger partial charge in [-0.05, 0) is 69.2 Å². The van der Waals surface area contributed by atoms with E-state index in [9.17, 15) is 19.7 Å². The first-order chi connectivity index (χ1) is 16.6. The van der Waals surface area contributed by atoms with E-state index < -0.39 is 22.7 Å². The van der Waals surface area contributed by atoms with Gasteiger partial charge in [0.1, 0.15) is 5.92 Å². The van der Waals surface area contributed by atoms with Crippen molar-refractivity contribution < 1.29 is 19.2 Å². The number of Topliss-reactive ketones (excluding diaryl/α,β-unsaturated/α-hetero) is 1. The highest BCUT2D eigenvalue weighted by Gasteiger charge is 2.45. The molecule has 2 aliphatic rings. The summed E-state index contributed by atoms with van der Waals surface area (Å²) in [6, 6.07) is 10.5. The molecule has 2 aromatic carbocycles. The number of carbonyl (C=O) groups is 2. The lowest BCUT2D eigenvalue weighted by molar-refractivity contribution is -0.384. The SMILES string of the molecule is CCOC(=O)C1C(C)=NC2=C(C(=O)CC(c3c(C)cc(C)cc3C)C2)C1c1cccc([N+](=O)[O-])c1. The Balaban J connectivity index is 1.85. The molecule has 0 N–H and O–H groups in total. The minimum Gasteiger partial charge on any atom is -0.465 e. The van der Waals surface area contributed by atoms with E-state index in [4.69, 9.17) is 9.73 Å². The van der Waals surface area contributed by atoms with Crippen LogP contribution in [0.5, 0.6) is 0 Å². The van der Waals surface area contributed by atoms with Crippen LogP contribution in [0.2, 0.25) is 0 Å². The number of aliphatic imine (C=N–C) groups is 1. The minimum atomic E-state index is -0.806. The molecule has 7 nitrogen and oxygen atoms in total. The Labute approximate surface area is 205 Å². The van der Waals surface area contributed by atoms with Crippen LogP contribution in [0.3, 0.4) is 0 Å². The average molecular weight is 475 g/mol. The number of non-ortho nitro benzene ring substituents is 1. The molecule has 0 bridgehead atoms. The molecule has 0 radical (unpaired) electrons. The largest absolute Gasteiger partial charge is 0.465 e. The Bertz CT molecular complexity index is 1270. The molecule has 1 heterocycles. The maximum Gasteiger partial charge on any atom is 0.315 e. The first-order valence-corrected chi connectivity index (χ1v) is 11.9. The van der Waals surface area contributed by atoms with Crippen molar-refractivity contribution in [1.82, 2.24) is 0 Å². The molecule has 3 atom stereocenters. The highest BCUT2D eigenvalue weighted by atomic mass is 16.6. The van der Waals surface area contributed by atoms with E-state index in [0.717, 1.165) is 11.1 Å². The molecular weight excluding hydrogens is 444 g/mol. The highest BCUT2D eigenvalue weighted by Crippen LogP contribution is 2.48.